The lowest BCUT2D eigenvalue weighted by Gasteiger charge is -2.29. The molecule has 3 aromatic carbocycles. The van der Waals surface area contributed by atoms with Gasteiger partial charge in [-0.1, -0.05) is 40.2 Å². The van der Waals surface area contributed by atoms with Gasteiger partial charge in [-0.15, -0.1) is 0 Å². The van der Waals surface area contributed by atoms with Crippen LogP contribution in [-0.4, -0.2) is 68.1 Å². The monoisotopic (exact) mass is 687 g/mol. The fraction of sp³-hybridized carbons (Fsp3) is 0.343. The average Bonchev–Trinajstić information content (AvgIpc) is 3.46. The van der Waals surface area contributed by atoms with Gasteiger partial charge in [0.1, 0.15) is 11.6 Å². The molecule has 0 unspecified atom stereocenters. The topological polar surface area (TPSA) is 129 Å². The number of ether oxygens (including phenoxy) is 3. The van der Waals surface area contributed by atoms with Gasteiger partial charge in [0.25, 0.3) is 0 Å². The van der Waals surface area contributed by atoms with Crippen LogP contribution in [-0.2, 0) is 20.6 Å². The predicted octanol–water partition coefficient (Wildman–Crippen LogP) is 6.66. The predicted molar refractivity (Wildman–Crippen MR) is 182 cm³/mol. The molecule has 5 rings (SSSR count). The zero-order valence-electron chi connectivity index (χ0n) is 26.4. The van der Waals surface area contributed by atoms with Gasteiger partial charge in [0, 0.05) is 46.0 Å². The van der Waals surface area contributed by atoms with Crippen molar-refractivity contribution in [3.63, 3.8) is 0 Å². The number of methoxy groups -OCH3 is 1. The number of nitrogens with zero attached hydrogens (tertiary/aromatic N) is 2. The Bertz CT molecular complexity index is 1740. The molecule has 1 aliphatic rings. The third-order valence-corrected chi connectivity index (χ3v) is 8.39. The smallest absolute Gasteiger partial charge is 0.407 e. The molecule has 2 atom stereocenters. The summed E-state index contributed by atoms with van der Waals surface area (Å²) < 4.78 is 17.0. The number of hydrogen-bond donors (Lipinski definition) is 3. The summed E-state index contributed by atoms with van der Waals surface area (Å²) >= 11 is 3.63. The largest absolute Gasteiger partial charge is 0.465 e. The highest BCUT2D eigenvalue weighted by Gasteiger charge is 2.29. The van der Waals surface area contributed by atoms with Gasteiger partial charge in [0.05, 0.1) is 38.0 Å². The molecule has 3 N–H and O–H groups in total. The number of nitriles is 1. The van der Waals surface area contributed by atoms with Crippen LogP contribution in [0.1, 0.15) is 36.7 Å². The first-order valence-electron chi connectivity index (χ1n) is 15.1. The summed E-state index contributed by atoms with van der Waals surface area (Å²) in [5.41, 5.74) is 4.62. The van der Waals surface area contributed by atoms with Gasteiger partial charge < -0.3 is 34.7 Å². The second-order valence-corrected chi connectivity index (χ2v) is 12.9. The van der Waals surface area contributed by atoms with Gasteiger partial charge in [0.2, 0.25) is 0 Å². The molecule has 46 heavy (non-hydrogen) atoms. The molecule has 0 saturated carbocycles. The highest BCUT2D eigenvalue weighted by Crippen LogP contribution is 2.31. The Balaban J connectivity index is 1.44. The molecule has 0 radical (unpaired) electrons. The van der Waals surface area contributed by atoms with E-state index in [1.807, 2.05) is 42.6 Å². The molecule has 1 aromatic heterocycles. The van der Waals surface area contributed by atoms with Gasteiger partial charge in [-0.2, -0.15) is 5.26 Å². The summed E-state index contributed by atoms with van der Waals surface area (Å²) in [6.45, 7) is 8.42. The minimum absolute atomic E-state index is 0.267. The van der Waals surface area contributed by atoms with E-state index in [-0.39, 0.29) is 5.56 Å². The van der Waals surface area contributed by atoms with Crippen LogP contribution >= 0.6 is 15.9 Å². The minimum atomic E-state index is -0.943. The number of hydrogen-bond acceptors (Lipinski definition) is 8. The lowest BCUT2D eigenvalue weighted by Crippen LogP contribution is -2.49. The molecular weight excluding hydrogens is 650 g/mol. The highest BCUT2D eigenvalue weighted by atomic mass is 79.9. The van der Waals surface area contributed by atoms with Crippen molar-refractivity contribution in [3.8, 4) is 17.2 Å². The molecule has 1 fully saturated rings. The van der Waals surface area contributed by atoms with E-state index < -0.39 is 29.7 Å². The molecule has 10 nitrogen and oxygen atoms in total. The Morgan fingerprint density at radius 1 is 1.09 bits per heavy atom. The third kappa shape index (κ3) is 7.81. The van der Waals surface area contributed by atoms with Crippen molar-refractivity contribution in [2.75, 3.05) is 43.6 Å². The first-order valence-corrected chi connectivity index (χ1v) is 15.9. The summed E-state index contributed by atoms with van der Waals surface area (Å²) in [7, 11) is 1.32. The molecule has 0 spiro atoms. The molecule has 11 heteroatoms. The van der Waals surface area contributed by atoms with Crippen LogP contribution in [0.2, 0.25) is 0 Å². The van der Waals surface area contributed by atoms with E-state index in [1.165, 1.54) is 7.11 Å². The number of carbonyl (C=O) groups is 2. The summed E-state index contributed by atoms with van der Waals surface area (Å²) in [6, 6.07) is 20.0. The lowest BCUT2D eigenvalue weighted by molar-refractivity contribution is 0.0501. The Labute approximate surface area is 277 Å². The van der Waals surface area contributed by atoms with Crippen molar-refractivity contribution < 1.29 is 23.8 Å². The van der Waals surface area contributed by atoms with E-state index in [0.29, 0.717) is 25.3 Å². The number of halogens is 1. The second-order valence-electron chi connectivity index (χ2n) is 12.1. The zero-order valence-corrected chi connectivity index (χ0v) is 27.9. The molecule has 1 amide bonds. The summed E-state index contributed by atoms with van der Waals surface area (Å²) in [5.74, 6) is -0.553. The van der Waals surface area contributed by atoms with Crippen LogP contribution < -0.4 is 15.5 Å². The lowest BCUT2D eigenvalue weighted by atomic mass is 9.97. The Hall–Kier alpha value is -4.53. The maximum absolute atomic E-state index is 13.0. The van der Waals surface area contributed by atoms with Crippen molar-refractivity contribution in [1.82, 2.24) is 10.3 Å². The molecule has 240 valence electrons. The van der Waals surface area contributed by atoms with Gasteiger partial charge in [0.15, 0.2) is 0 Å². The Kier molecular flexibility index (Phi) is 10.2. The van der Waals surface area contributed by atoms with Crippen LogP contribution in [0.5, 0.6) is 0 Å². The quantitative estimate of drug-likeness (QED) is 0.167. The number of morpholine rings is 1. The number of aromatic amines is 1. The van der Waals surface area contributed by atoms with Gasteiger partial charge in [-0.3, -0.25) is 0 Å². The Morgan fingerprint density at radius 2 is 1.80 bits per heavy atom. The number of esters is 1. The standard InChI is InChI=1S/C35H38BrN5O5/c1-35(2,3)46-34(43)40-30(19-24-21-38-29-7-5-6-27(36)32(24)29)31(20-37)39-28-13-10-23(18-26(28)33(42)44-4)22-8-11-25(12-9-22)41-14-16-45-17-15-41/h5-13,18,21,30-31,38-39H,14-17,19H2,1-4H3,(H,40,43)/t30-,31-/m0/s1. The first kappa shape index (κ1) is 32.9. The average molecular weight is 689 g/mol. The van der Waals surface area contributed by atoms with E-state index in [0.717, 1.165) is 50.8 Å². The van der Waals surface area contributed by atoms with Gasteiger partial charge in [-0.05, 0) is 80.3 Å². The van der Waals surface area contributed by atoms with E-state index in [4.69, 9.17) is 14.2 Å². The fourth-order valence-corrected chi connectivity index (χ4v) is 6.14. The number of amides is 1. The first-order chi connectivity index (χ1) is 22.1. The summed E-state index contributed by atoms with van der Waals surface area (Å²) in [4.78, 5) is 31.5. The normalized spacial score (nSPS) is 14.7. The number of H-pyrrole nitrogens is 1. The summed E-state index contributed by atoms with van der Waals surface area (Å²) in [6.07, 6.45) is 1.52. The van der Waals surface area contributed by atoms with Crippen molar-refractivity contribution in [3.05, 3.63) is 82.5 Å². The molecule has 2 heterocycles. The number of carbonyl (C=O) groups excluding carboxylic acids is 2. The zero-order chi connectivity index (χ0) is 32.8. The van der Waals surface area contributed by atoms with Crippen LogP contribution in [0, 0.1) is 11.3 Å². The van der Waals surface area contributed by atoms with Crippen LogP contribution in [0.4, 0.5) is 16.2 Å². The van der Waals surface area contributed by atoms with Crippen LogP contribution in [0.15, 0.2) is 71.3 Å². The van der Waals surface area contributed by atoms with E-state index in [1.54, 1.807) is 32.9 Å². The number of alkyl carbamates (subject to hydrolysis) is 1. The van der Waals surface area contributed by atoms with Gasteiger partial charge in [-0.25, -0.2) is 9.59 Å². The van der Waals surface area contributed by atoms with Crippen molar-refractivity contribution >= 4 is 50.3 Å². The van der Waals surface area contributed by atoms with Crippen molar-refractivity contribution in [1.29, 1.82) is 5.26 Å². The number of benzene rings is 3. The van der Waals surface area contributed by atoms with Crippen molar-refractivity contribution in [2.24, 2.45) is 0 Å². The number of nitrogens with one attached hydrogen (secondary N) is 3. The second kappa shape index (κ2) is 14.3. The number of fused-ring (bicyclic) bond motifs is 1. The van der Waals surface area contributed by atoms with Crippen molar-refractivity contribution in [2.45, 2.75) is 44.9 Å². The third-order valence-electron chi connectivity index (χ3n) is 7.73. The van der Waals surface area contributed by atoms with E-state index >= 15 is 0 Å². The fourth-order valence-electron chi connectivity index (χ4n) is 5.52. The SMILES string of the molecule is COC(=O)c1cc(-c2ccc(N3CCOCC3)cc2)ccc1N[C@@H](C#N)[C@H](Cc1c[nH]c2cccc(Br)c12)NC(=O)OC(C)(C)C. The Morgan fingerprint density at radius 3 is 2.48 bits per heavy atom. The number of rotatable bonds is 9. The molecule has 4 aromatic rings. The van der Waals surface area contributed by atoms with Gasteiger partial charge >= 0.3 is 12.1 Å². The van der Waals surface area contributed by atoms with E-state index in [2.05, 4.69) is 54.6 Å². The molecule has 0 aliphatic carbocycles. The highest BCUT2D eigenvalue weighted by molar-refractivity contribution is 9.10. The molecule has 1 saturated heterocycles. The molecule has 1 aliphatic heterocycles. The van der Waals surface area contributed by atoms with E-state index in [9.17, 15) is 14.9 Å². The van der Waals surface area contributed by atoms with Crippen LogP contribution in [0.25, 0.3) is 22.0 Å². The maximum Gasteiger partial charge on any atom is 0.407 e. The number of aromatic nitrogens is 1. The van der Waals surface area contributed by atoms with Crippen LogP contribution in [0.3, 0.4) is 0 Å². The minimum Gasteiger partial charge on any atom is -0.465 e. The maximum atomic E-state index is 13.0. The molecule has 0 bridgehead atoms. The molecular formula is C35H38BrN5O5. The number of anilines is 2. The summed E-state index contributed by atoms with van der Waals surface area (Å²) in [5, 5.41) is 17.5.